The molecule has 1 aromatic heterocycles. The van der Waals surface area contributed by atoms with E-state index in [2.05, 4.69) is 10.3 Å². The Hall–Kier alpha value is -1.08. The average molecular weight is 362 g/mol. The van der Waals surface area contributed by atoms with Crippen molar-refractivity contribution < 1.29 is 14.2 Å². The molecule has 2 heterocycles. The van der Waals surface area contributed by atoms with Gasteiger partial charge in [0.05, 0.1) is 27.2 Å². The molecule has 4 atom stereocenters. The van der Waals surface area contributed by atoms with Crippen molar-refractivity contribution in [2.24, 2.45) is 0 Å². The maximum Gasteiger partial charge on any atom is 0.206 e. The van der Waals surface area contributed by atoms with Gasteiger partial charge in [-0.25, -0.2) is 9.37 Å². The maximum absolute atomic E-state index is 14.5. The number of hydrogen-bond donors (Lipinski definition) is 2. The molecule has 1 aromatic carbocycles. The van der Waals surface area contributed by atoms with Crippen molar-refractivity contribution in [3.8, 4) is 0 Å². The Morgan fingerprint density at radius 3 is 2.57 bits per heavy atom. The second-order valence-electron chi connectivity index (χ2n) is 6.03. The minimum atomic E-state index is -1.57. The number of halogens is 3. The molecule has 0 amide bonds. The predicted molar refractivity (Wildman–Crippen MR) is 89.0 cm³/mol. The van der Waals surface area contributed by atoms with E-state index in [1.54, 1.807) is 23.6 Å². The van der Waals surface area contributed by atoms with E-state index in [9.17, 15) is 9.50 Å². The fourth-order valence-electron chi connectivity index (χ4n) is 2.71. The zero-order valence-electron chi connectivity index (χ0n) is 12.9. The minimum absolute atomic E-state index is 0.0818. The number of rotatable bonds is 3. The van der Waals surface area contributed by atoms with Gasteiger partial charge in [0, 0.05) is 6.04 Å². The number of hydrogen-bond acceptors (Lipinski definition) is 4. The van der Waals surface area contributed by atoms with Gasteiger partial charge in [-0.2, -0.15) is 0 Å². The Balaban J connectivity index is 2.18. The summed E-state index contributed by atoms with van der Waals surface area (Å²) in [6.07, 6.45) is -4.35. The molecular weight excluding hydrogens is 344 g/mol. The number of fused-ring (bicyclic) bond motifs is 1. The number of anilines is 1. The van der Waals surface area contributed by atoms with Gasteiger partial charge in [-0.3, -0.25) is 4.57 Å². The van der Waals surface area contributed by atoms with Gasteiger partial charge < -0.3 is 15.2 Å². The van der Waals surface area contributed by atoms with Crippen LogP contribution in [0.4, 0.5) is 10.3 Å². The molecule has 1 aliphatic heterocycles. The second-order valence-corrected chi connectivity index (χ2v) is 6.84. The van der Waals surface area contributed by atoms with Crippen LogP contribution in [0.15, 0.2) is 12.1 Å². The highest BCUT2D eigenvalue weighted by Crippen LogP contribution is 2.38. The van der Waals surface area contributed by atoms with E-state index in [0.29, 0.717) is 27.0 Å². The smallest absolute Gasteiger partial charge is 0.206 e. The summed E-state index contributed by atoms with van der Waals surface area (Å²) in [5.74, 6) is 0.447. The molecule has 2 N–H and O–H groups in total. The lowest BCUT2D eigenvalue weighted by Gasteiger charge is -2.20. The topological polar surface area (TPSA) is 59.3 Å². The summed E-state index contributed by atoms with van der Waals surface area (Å²) >= 11 is 12.1. The van der Waals surface area contributed by atoms with Crippen LogP contribution in [0.3, 0.4) is 0 Å². The molecule has 1 saturated heterocycles. The molecule has 8 heteroatoms. The molecule has 3 rings (SSSR count). The number of nitrogens with one attached hydrogen (secondary N) is 1. The van der Waals surface area contributed by atoms with Crippen molar-refractivity contribution in [1.29, 1.82) is 0 Å². The molecule has 5 nitrogen and oxygen atoms in total. The molecule has 1 aliphatic rings. The molecule has 0 spiro atoms. The van der Waals surface area contributed by atoms with E-state index < -0.39 is 24.6 Å². The first-order chi connectivity index (χ1) is 10.8. The fourth-order valence-corrected chi connectivity index (χ4v) is 3.03. The molecule has 23 heavy (non-hydrogen) atoms. The highest BCUT2D eigenvalue weighted by Gasteiger charge is 2.44. The lowest BCUT2D eigenvalue weighted by molar-refractivity contribution is -0.0124. The Kier molecular flexibility index (Phi) is 4.44. The molecular formula is C15H18Cl2FN3O2. The van der Waals surface area contributed by atoms with E-state index in [-0.39, 0.29) is 6.04 Å². The minimum Gasteiger partial charge on any atom is -0.387 e. The van der Waals surface area contributed by atoms with E-state index in [0.717, 1.165) is 0 Å². The normalized spacial score (nSPS) is 28.0. The van der Waals surface area contributed by atoms with Crippen molar-refractivity contribution in [3.63, 3.8) is 0 Å². The van der Waals surface area contributed by atoms with Gasteiger partial charge in [0.1, 0.15) is 6.10 Å². The van der Waals surface area contributed by atoms with Gasteiger partial charge in [-0.1, -0.05) is 23.2 Å². The standard InChI is InChI=1S/C15H18Cl2FN3O2/c1-6(2)19-15-20-10-4-8(16)9(17)5-11(10)21(15)14-12(18)13(22)7(3)23-14/h4-7,12-14,22H,1-3H3,(H,19,20)/t7-,12+,13-,14-/m1/s1. The van der Waals surface area contributed by atoms with Gasteiger partial charge in [0.15, 0.2) is 12.4 Å². The Labute approximate surface area is 143 Å². The van der Waals surface area contributed by atoms with Crippen LogP contribution in [0, 0.1) is 0 Å². The van der Waals surface area contributed by atoms with Crippen LogP contribution < -0.4 is 5.32 Å². The molecule has 0 radical (unpaired) electrons. The van der Waals surface area contributed by atoms with Crippen LogP contribution in [0.2, 0.25) is 10.0 Å². The number of nitrogens with zero attached hydrogens (tertiary/aromatic N) is 2. The van der Waals surface area contributed by atoms with Crippen LogP contribution in [0.25, 0.3) is 11.0 Å². The number of ether oxygens (including phenoxy) is 1. The number of benzene rings is 1. The maximum atomic E-state index is 14.5. The monoisotopic (exact) mass is 361 g/mol. The van der Waals surface area contributed by atoms with Crippen LogP contribution in [-0.2, 0) is 4.74 Å². The zero-order chi connectivity index (χ0) is 16.9. The van der Waals surface area contributed by atoms with E-state index in [4.69, 9.17) is 27.9 Å². The predicted octanol–water partition coefficient (Wildman–Crippen LogP) is 3.78. The van der Waals surface area contributed by atoms with Crippen LogP contribution in [0.1, 0.15) is 27.0 Å². The molecule has 0 saturated carbocycles. The Bertz CT molecular complexity index is 737. The van der Waals surface area contributed by atoms with Gasteiger partial charge in [-0.15, -0.1) is 0 Å². The Morgan fingerprint density at radius 1 is 1.35 bits per heavy atom. The average Bonchev–Trinajstić information content (AvgIpc) is 2.91. The lowest BCUT2D eigenvalue weighted by atomic mass is 10.1. The third-order valence-electron chi connectivity index (χ3n) is 3.84. The number of aliphatic hydroxyl groups is 1. The van der Waals surface area contributed by atoms with E-state index in [1.807, 2.05) is 13.8 Å². The van der Waals surface area contributed by atoms with Crippen molar-refractivity contribution in [1.82, 2.24) is 9.55 Å². The lowest BCUT2D eigenvalue weighted by Crippen LogP contribution is -2.27. The van der Waals surface area contributed by atoms with Gasteiger partial charge in [0.2, 0.25) is 5.95 Å². The van der Waals surface area contributed by atoms with Crippen molar-refractivity contribution >= 4 is 40.2 Å². The fraction of sp³-hybridized carbons (Fsp3) is 0.533. The summed E-state index contributed by atoms with van der Waals surface area (Å²) in [6, 6.07) is 3.34. The first-order valence-corrected chi connectivity index (χ1v) is 8.16. The highest BCUT2D eigenvalue weighted by atomic mass is 35.5. The van der Waals surface area contributed by atoms with Crippen molar-refractivity contribution in [2.75, 3.05) is 5.32 Å². The molecule has 126 valence electrons. The van der Waals surface area contributed by atoms with Crippen LogP contribution >= 0.6 is 23.2 Å². The first-order valence-electron chi connectivity index (χ1n) is 7.40. The summed E-state index contributed by atoms with van der Waals surface area (Å²) in [7, 11) is 0. The summed E-state index contributed by atoms with van der Waals surface area (Å²) in [5.41, 5.74) is 1.17. The molecule has 0 bridgehead atoms. The van der Waals surface area contributed by atoms with Crippen LogP contribution in [0.5, 0.6) is 0 Å². The largest absolute Gasteiger partial charge is 0.387 e. The number of aromatic nitrogens is 2. The van der Waals surface area contributed by atoms with E-state index >= 15 is 0 Å². The van der Waals surface area contributed by atoms with Crippen LogP contribution in [-0.4, -0.2) is 39.1 Å². The van der Waals surface area contributed by atoms with Gasteiger partial charge in [-0.05, 0) is 32.9 Å². The summed E-state index contributed by atoms with van der Waals surface area (Å²) in [6.45, 7) is 5.53. The molecule has 1 fully saturated rings. The van der Waals surface area contributed by atoms with Gasteiger partial charge >= 0.3 is 0 Å². The number of aliphatic hydroxyl groups excluding tert-OH is 1. The molecule has 0 unspecified atom stereocenters. The Morgan fingerprint density at radius 2 is 2.00 bits per heavy atom. The summed E-state index contributed by atoms with van der Waals surface area (Å²) in [4.78, 5) is 4.46. The molecule has 2 aromatic rings. The summed E-state index contributed by atoms with van der Waals surface area (Å²) in [5, 5.41) is 13.8. The highest BCUT2D eigenvalue weighted by molar-refractivity contribution is 6.42. The quantitative estimate of drug-likeness (QED) is 0.873. The number of imidazole rings is 1. The summed E-state index contributed by atoms with van der Waals surface area (Å²) < 4.78 is 21.7. The van der Waals surface area contributed by atoms with E-state index in [1.165, 1.54) is 0 Å². The second kappa shape index (κ2) is 6.09. The van der Waals surface area contributed by atoms with Crippen molar-refractivity contribution in [3.05, 3.63) is 22.2 Å². The van der Waals surface area contributed by atoms with Crippen molar-refractivity contribution in [2.45, 2.75) is 51.4 Å². The van der Waals surface area contributed by atoms with Gasteiger partial charge in [0.25, 0.3) is 0 Å². The SMILES string of the molecule is CC(C)Nc1nc2cc(Cl)c(Cl)cc2n1[C@@H]1O[C@H](C)[C@@H](O)[C@@H]1F. The first kappa shape index (κ1) is 16.8. The molecule has 0 aliphatic carbocycles. The third-order valence-corrected chi connectivity index (χ3v) is 4.56. The zero-order valence-corrected chi connectivity index (χ0v) is 14.4. The third kappa shape index (κ3) is 2.89. The number of alkyl halides is 1.